The summed E-state index contributed by atoms with van der Waals surface area (Å²) in [5.41, 5.74) is 7.88. The van der Waals surface area contributed by atoms with Crippen LogP contribution in [0.5, 0.6) is 0 Å². The minimum atomic E-state index is 0. The van der Waals surface area contributed by atoms with Gasteiger partial charge in [-0.25, -0.2) is 0 Å². The summed E-state index contributed by atoms with van der Waals surface area (Å²) in [6.07, 6.45) is 0. The average Bonchev–Trinajstić information content (AvgIpc) is 3.80. The predicted octanol–water partition coefficient (Wildman–Crippen LogP) is 15.0. The molecule has 0 saturated carbocycles. The Balaban J connectivity index is 0.000000215. The molecule has 0 aromatic heterocycles. The summed E-state index contributed by atoms with van der Waals surface area (Å²) in [5, 5.41) is 15.8. The zero-order valence-corrected chi connectivity index (χ0v) is 36.1. The maximum absolute atomic E-state index is 3.06. The first-order chi connectivity index (χ1) is 24.6. The Morgan fingerprint density at radius 3 is 1.11 bits per heavy atom. The van der Waals surface area contributed by atoms with Crippen molar-refractivity contribution in [3.8, 4) is 22.3 Å². The van der Waals surface area contributed by atoms with Gasteiger partial charge in [0.15, 0.2) is 0 Å². The van der Waals surface area contributed by atoms with E-state index in [1.165, 1.54) is 121 Å². The normalized spacial score (nSPS) is 10.3. The van der Waals surface area contributed by atoms with Crippen molar-refractivity contribution in [1.82, 2.24) is 0 Å². The summed E-state index contributed by atoms with van der Waals surface area (Å²) < 4.78 is 0. The molecule has 0 heterocycles. The van der Waals surface area contributed by atoms with E-state index >= 15 is 0 Å². The van der Waals surface area contributed by atoms with Crippen LogP contribution in [0.25, 0.3) is 86.9 Å². The van der Waals surface area contributed by atoms with E-state index in [4.69, 9.17) is 0 Å². The summed E-state index contributed by atoms with van der Waals surface area (Å²) in [6.45, 7) is 7.42. The number of fused-ring (bicyclic) bond motifs is 8. The van der Waals surface area contributed by atoms with Gasteiger partial charge < -0.3 is 14.9 Å². The van der Waals surface area contributed by atoms with Crippen LogP contribution in [-0.4, -0.2) is 6.88 Å². The molecule has 0 atom stereocenters. The van der Waals surface area contributed by atoms with Gasteiger partial charge in [0.05, 0.1) is 0 Å². The second-order valence-electron chi connectivity index (χ2n) is 13.1. The van der Waals surface area contributed by atoms with Crippen LogP contribution in [0.15, 0.2) is 170 Å². The fourth-order valence-corrected chi connectivity index (χ4v) is 7.66. The molecule has 0 amide bonds. The van der Waals surface area contributed by atoms with Crippen molar-refractivity contribution in [2.45, 2.75) is 13.8 Å². The third-order valence-electron chi connectivity index (χ3n) is 9.83. The Bertz CT molecular complexity index is 2580. The number of benzene rings is 8. The molecule has 0 aliphatic carbocycles. The summed E-state index contributed by atoms with van der Waals surface area (Å²) >= 11 is 1.36. The summed E-state index contributed by atoms with van der Waals surface area (Å²) in [5.74, 6) is 0. The fraction of sp³-hybridized carbons (Fsp3) is 0.0400. The number of hydrogen-bond donors (Lipinski definition) is 0. The second kappa shape index (κ2) is 18.4. The molecule has 0 bridgehead atoms. The van der Waals surface area contributed by atoms with Gasteiger partial charge in [-0.05, 0) is 56.9 Å². The molecule has 0 saturated heterocycles. The summed E-state index contributed by atoms with van der Waals surface area (Å²) in [4.78, 5) is 0. The third-order valence-corrected chi connectivity index (χ3v) is 9.83. The van der Waals surface area contributed by atoms with Crippen LogP contribution in [-0.2, 0) is 23.3 Å². The number of rotatable bonds is 2. The van der Waals surface area contributed by atoms with Crippen molar-refractivity contribution in [3.63, 3.8) is 0 Å². The second-order valence-corrected chi connectivity index (χ2v) is 13.1. The van der Waals surface area contributed by atoms with Crippen molar-refractivity contribution < 1.29 is 23.3 Å². The van der Waals surface area contributed by atoms with Crippen LogP contribution in [0, 0.1) is 28.7 Å². The first-order valence-corrected chi connectivity index (χ1v) is 21.2. The van der Waals surface area contributed by atoms with Gasteiger partial charge in [0.1, 0.15) is 0 Å². The Labute approximate surface area is 349 Å². The molecule has 4 heteroatoms. The standard InChI is InChI=1S/2C24H17.2CH3.2ClH.Si.Zr/c2*1-16-12-20-11-10-17-6-4-5-9-22(17)24(20)23(13-16)21-14-18-7-2-3-8-19(18)15-21;;;;;;/h2*2-15H,1H3;2*1H3;2*1H;;/q4*-1;;;;. The van der Waals surface area contributed by atoms with Gasteiger partial charge in [-0.2, -0.15) is 0 Å². The minimum absolute atomic E-state index is 0. The molecule has 0 fully saturated rings. The van der Waals surface area contributed by atoms with Gasteiger partial charge in [0, 0.05) is 0 Å². The molecule has 0 N–H and O–H groups in total. The van der Waals surface area contributed by atoms with E-state index in [-0.39, 0.29) is 39.7 Å². The molecule has 0 aliphatic rings. The topological polar surface area (TPSA) is 0 Å². The van der Waals surface area contributed by atoms with Crippen LogP contribution >= 0.6 is 24.8 Å². The van der Waals surface area contributed by atoms with E-state index in [1.807, 2.05) is 0 Å². The Hall–Kier alpha value is -4.30. The van der Waals surface area contributed by atoms with Gasteiger partial charge >= 0.3 is 30.2 Å². The van der Waals surface area contributed by atoms with E-state index in [2.05, 4.69) is 191 Å². The van der Waals surface area contributed by atoms with Crippen LogP contribution in [0.2, 0.25) is 0 Å². The van der Waals surface area contributed by atoms with Gasteiger partial charge in [-0.15, -0.1) is 93.9 Å². The van der Waals surface area contributed by atoms with Crippen LogP contribution in [0.4, 0.5) is 0 Å². The van der Waals surface area contributed by atoms with E-state index in [0.29, 0.717) is 0 Å². The van der Waals surface area contributed by atoms with Crippen LogP contribution < -0.4 is 0 Å². The molecule has 0 unspecified atom stereocenters. The number of halogens is 2. The first kappa shape index (κ1) is 42.4. The van der Waals surface area contributed by atoms with Crippen molar-refractivity contribution in [3.05, 3.63) is 196 Å². The molecule has 2 radical (unpaired) electrons. The SMILES string of the molecule is Cc1cc(-c2cc3ccccc3[cH-]2)c2c(ccc3ccccc32)c1.Cc1cc(-c2cc3ccccc3[cH-]2)c2c(ccc3ccccc32)c1.Cl.Cl.[CH3-].[CH3-].[Si]=[Zr]. The van der Waals surface area contributed by atoms with E-state index in [1.54, 1.807) is 0 Å². The van der Waals surface area contributed by atoms with Gasteiger partial charge in [-0.3, -0.25) is 0 Å². The van der Waals surface area contributed by atoms with Gasteiger partial charge in [0.25, 0.3) is 0 Å². The van der Waals surface area contributed by atoms with Gasteiger partial charge in [0.2, 0.25) is 0 Å². The van der Waals surface area contributed by atoms with Crippen LogP contribution in [0.3, 0.4) is 0 Å². The molecule has 10 rings (SSSR count). The number of hydrogen-bond acceptors (Lipinski definition) is 0. The predicted molar refractivity (Wildman–Crippen MR) is 243 cm³/mol. The van der Waals surface area contributed by atoms with E-state index in [0.717, 1.165) is 0 Å². The number of aryl methyl sites for hydroxylation is 2. The van der Waals surface area contributed by atoms with E-state index < -0.39 is 0 Å². The maximum atomic E-state index is 3.06. The molecular formula is C50H42Cl2SiZr-4. The molecular weight excluding hydrogens is 791 g/mol. The van der Waals surface area contributed by atoms with Crippen molar-refractivity contribution in [1.29, 1.82) is 0 Å². The zero-order valence-electron chi connectivity index (χ0n) is 31.0. The molecule has 268 valence electrons. The third kappa shape index (κ3) is 8.05. The fourth-order valence-electron chi connectivity index (χ4n) is 7.66. The monoisotopic (exact) mass is 830 g/mol. The van der Waals surface area contributed by atoms with Crippen molar-refractivity contribution in [2.75, 3.05) is 0 Å². The molecule has 0 aliphatic heterocycles. The average molecular weight is 833 g/mol. The zero-order chi connectivity index (χ0) is 34.2. The van der Waals surface area contributed by atoms with E-state index in [9.17, 15) is 0 Å². The summed E-state index contributed by atoms with van der Waals surface area (Å²) in [7, 11) is 0. The van der Waals surface area contributed by atoms with Crippen molar-refractivity contribution >= 4 is 96.3 Å². The van der Waals surface area contributed by atoms with Crippen LogP contribution in [0.1, 0.15) is 11.1 Å². The molecule has 10 aromatic carbocycles. The van der Waals surface area contributed by atoms with Gasteiger partial charge in [-0.1, -0.05) is 156 Å². The molecule has 54 heavy (non-hydrogen) atoms. The molecule has 10 aromatic rings. The Morgan fingerprint density at radius 1 is 0.389 bits per heavy atom. The Morgan fingerprint density at radius 2 is 0.722 bits per heavy atom. The first-order valence-electron chi connectivity index (χ1n) is 17.0. The summed E-state index contributed by atoms with van der Waals surface area (Å²) in [6, 6.07) is 61.9. The van der Waals surface area contributed by atoms with Crippen molar-refractivity contribution in [2.24, 2.45) is 0 Å². The molecule has 0 spiro atoms. The molecule has 0 nitrogen and oxygen atoms in total. The quantitative estimate of drug-likeness (QED) is 0.0925. The Kier molecular flexibility index (Phi) is 14.4.